The smallest absolute Gasteiger partial charge is 0.0704 e. The normalized spacial score (nSPS) is 12.5. The third-order valence-corrected chi connectivity index (χ3v) is 4.45. The van der Waals surface area contributed by atoms with E-state index >= 15 is 0 Å². The largest absolute Gasteiger partial charge is 0.394 e. The Labute approximate surface area is 173 Å². The number of rotatable bonds is 24. The van der Waals surface area contributed by atoms with Crippen LogP contribution in [-0.4, -0.2) is 77.3 Å². The van der Waals surface area contributed by atoms with Crippen LogP contribution < -0.4 is 0 Å². The molecule has 0 aliphatic carbocycles. The zero-order valence-electron chi connectivity index (χ0n) is 18.5. The van der Waals surface area contributed by atoms with E-state index < -0.39 is 0 Å². The Morgan fingerprint density at radius 3 is 1.50 bits per heavy atom. The summed E-state index contributed by atoms with van der Waals surface area (Å²) in [7, 11) is 0. The summed E-state index contributed by atoms with van der Waals surface area (Å²) >= 11 is 0. The van der Waals surface area contributed by atoms with E-state index in [9.17, 15) is 0 Å². The Kier molecular flexibility index (Phi) is 24.6. The second kappa shape index (κ2) is 24.8. The first-order valence-electron chi connectivity index (χ1n) is 11.3. The third-order valence-electron chi connectivity index (χ3n) is 4.45. The average Bonchev–Trinajstić information content (AvgIpc) is 2.70. The maximum absolute atomic E-state index is 8.55. The summed E-state index contributed by atoms with van der Waals surface area (Å²) in [5.74, 6) is 0. The third kappa shape index (κ3) is 23.8. The fourth-order valence-corrected chi connectivity index (χ4v) is 2.78. The zero-order valence-corrected chi connectivity index (χ0v) is 18.5. The second-order valence-electron chi connectivity index (χ2n) is 7.12. The molecule has 0 rings (SSSR count). The summed E-state index contributed by atoms with van der Waals surface area (Å²) in [6.07, 6.45) is 12.3. The molecule has 170 valence electrons. The number of ether oxygens (including phenoxy) is 5. The highest BCUT2D eigenvalue weighted by Crippen LogP contribution is 2.11. The predicted octanol–water partition coefficient (Wildman–Crippen LogP) is 3.98. The van der Waals surface area contributed by atoms with Crippen LogP contribution in [0.15, 0.2) is 0 Å². The maximum Gasteiger partial charge on any atom is 0.0704 e. The van der Waals surface area contributed by atoms with Crippen LogP contribution in [0, 0.1) is 0 Å². The van der Waals surface area contributed by atoms with Gasteiger partial charge in [0.25, 0.3) is 0 Å². The fraction of sp³-hybridized carbons (Fsp3) is 1.00. The molecule has 6 heteroatoms. The van der Waals surface area contributed by atoms with Crippen molar-refractivity contribution in [1.29, 1.82) is 0 Å². The Bertz CT molecular complexity index is 278. The van der Waals surface area contributed by atoms with Crippen LogP contribution in [0.4, 0.5) is 0 Å². The van der Waals surface area contributed by atoms with E-state index in [1.807, 2.05) is 0 Å². The molecular formula is C22H46O6. The molecule has 0 aromatic heterocycles. The van der Waals surface area contributed by atoms with Crippen molar-refractivity contribution in [3.63, 3.8) is 0 Å². The van der Waals surface area contributed by atoms with Crippen molar-refractivity contribution < 1.29 is 28.8 Å². The van der Waals surface area contributed by atoms with Gasteiger partial charge in [-0.05, 0) is 13.3 Å². The van der Waals surface area contributed by atoms with E-state index in [-0.39, 0.29) is 6.61 Å². The van der Waals surface area contributed by atoms with Gasteiger partial charge in [-0.15, -0.1) is 0 Å². The highest BCUT2D eigenvalue weighted by atomic mass is 16.6. The second-order valence-corrected chi connectivity index (χ2v) is 7.12. The standard InChI is InChI=1S/C22H46O6/c1-3-4-5-6-7-8-9-10-11-22(2)28-21-20-27-19-18-26-17-16-25-15-14-24-13-12-23/h22-23H,3-21H2,1-2H3. The van der Waals surface area contributed by atoms with Crippen molar-refractivity contribution in [3.05, 3.63) is 0 Å². The molecule has 0 aliphatic heterocycles. The molecule has 1 N–H and O–H groups in total. The van der Waals surface area contributed by atoms with Crippen LogP contribution in [0.1, 0.15) is 71.6 Å². The lowest BCUT2D eigenvalue weighted by Crippen LogP contribution is -2.15. The quantitative estimate of drug-likeness (QED) is 0.245. The maximum atomic E-state index is 8.55. The van der Waals surface area contributed by atoms with Crippen molar-refractivity contribution >= 4 is 0 Å². The van der Waals surface area contributed by atoms with E-state index in [1.54, 1.807) is 0 Å². The minimum atomic E-state index is 0.0479. The van der Waals surface area contributed by atoms with Gasteiger partial charge in [-0.1, -0.05) is 58.3 Å². The van der Waals surface area contributed by atoms with Crippen molar-refractivity contribution in [2.45, 2.75) is 77.7 Å². The van der Waals surface area contributed by atoms with E-state index in [1.165, 1.54) is 51.4 Å². The molecule has 0 saturated heterocycles. The monoisotopic (exact) mass is 406 g/mol. The summed E-state index contributed by atoms with van der Waals surface area (Å²) in [5.41, 5.74) is 0. The highest BCUT2D eigenvalue weighted by Gasteiger charge is 2.02. The molecule has 1 unspecified atom stereocenters. The Balaban J connectivity index is 3.11. The molecule has 0 aromatic rings. The van der Waals surface area contributed by atoms with E-state index in [0.29, 0.717) is 65.6 Å². The van der Waals surface area contributed by atoms with Gasteiger partial charge in [0.05, 0.1) is 72.2 Å². The lowest BCUT2D eigenvalue weighted by atomic mass is 10.1. The van der Waals surface area contributed by atoms with Crippen LogP contribution in [0.2, 0.25) is 0 Å². The lowest BCUT2D eigenvalue weighted by molar-refractivity contribution is -0.0223. The molecule has 0 aromatic carbocycles. The number of aliphatic hydroxyl groups is 1. The molecule has 0 spiro atoms. The first kappa shape index (κ1) is 27.8. The summed E-state index contributed by atoms with van der Waals surface area (Å²) < 4.78 is 27.1. The number of hydrogen-bond acceptors (Lipinski definition) is 6. The molecule has 0 heterocycles. The summed E-state index contributed by atoms with van der Waals surface area (Å²) in [6, 6.07) is 0. The van der Waals surface area contributed by atoms with Gasteiger partial charge in [0.15, 0.2) is 0 Å². The molecule has 0 fully saturated rings. The fourth-order valence-electron chi connectivity index (χ4n) is 2.78. The molecular weight excluding hydrogens is 360 g/mol. The van der Waals surface area contributed by atoms with Crippen molar-refractivity contribution in [2.24, 2.45) is 0 Å². The minimum absolute atomic E-state index is 0.0479. The predicted molar refractivity (Wildman–Crippen MR) is 113 cm³/mol. The Hall–Kier alpha value is -0.240. The van der Waals surface area contributed by atoms with Gasteiger partial charge in [-0.2, -0.15) is 0 Å². The van der Waals surface area contributed by atoms with Gasteiger partial charge >= 0.3 is 0 Å². The van der Waals surface area contributed by atoms with Gasteiger partial charge in [0.1, 0.15) is 0 Å². The van der Waals surface area contributed by atoms with Crippen LogP contribution in [0.3, 0.4) is 0 Å². The van der Waals surface area contributed by atoms with Crippen molar-refractivity contribution in [3.8, 4) is 0 Å². The van der Waals surface area contributed by atoms with Crippen LogP contribution >= 0.6 is 0 Å². The van der Waals surface area contributed by atoms with Gasteiger partial charge in [-0.3, -0.25) is 0 Å². The van der Waals surface area contributed by atoms with E-state index in [0.717, 1.165) is 6.42 Å². The van der Waals surface area contributed by atoms with Gasteiger partial charge in [0, 0.05) is 0 Å². The average molecular weight is 407 g/mol. The van der Waals surface area contributed by atoms with Gasteiger partial charge < -0.3 is 28.8 Å². The number of unbranched alkanes of at least 4 members (excludes halogenated alkanes) is 7. The first-order valence-corrected chi connectivity index (χ1v) is 11.3. The molecule has 0 bridgehead atoms. The van der Waals surface area contributed by atoms with Crippen LogP contribution in [0.5, 0.6) is 0 Å². The number of hydrogen-bond donors (Lipinski definition) is 1. The SMILES string of the molecule is CCCCCCCCCCC(C)OCCOCCOCCOCCOCCO. The molecule has 0 amide bonds. The molecule has 28 heavy (non-hydrogen) atoms. The first-order chi connectivity index (χ1) is 13.8. The topological polar surface area (TPSA) is 66.4 Å². The molecule has 0 radical (unpaired) electrons. The summed E-state index contributed by atoms with van der Waals surface area (Å²) in [5, 5.41) is 8.55. The minimum Gasteiger partial charge on any atom is -0.394 e. The van der Waals surface area contributed by atoms with E-state index in [4.69, 9.17) is 28.8 Å². The van der Waals surface area contributed by atoms with Crippen LogP contribution in [0.25, 0.3) is 0 Å². The molecule has 6 nitrogen and oxygen atoms in total. The summed E-state index contributed by atoms with van der Waals surface area (Å²) in [6.45, 7) is 9.35. The molecule has 0 aliphatic rings. The number of aliphatic hydroxyl groups excluding tert-OH is 1. The Morgan fingerprint density at radius 2 is 1.00 bits per heavy atom. The highest BCUT2D eigenvalue weighted by molar-refractivity contribution is 4.52. The Morgan fingerprint density at radius 1 is 0.571 bits per heavy atom. The van der Waals surface area contributed by atoms with E-state index in [2.05, 4.69) is 13.8 Å². The van der Waals surface area contributed by atoms with Crippen molar-refractivity contribution in [2.75, 3.05) is 66.1 Å². The molecule has 0 saturated carbocycles. The molecule has 1 atom stereocenters. The van der Waals surface area contributed by atoms with Crippen LogP contribution in [-0.2, 0) is 23.7 Å². The zero-order chi connectivity index (χ0) is 20.5. The lowest BCUT2D eigenvalue weighted by Gasteiger charge is -2.13. The van der Waals surface area contributed by atoms with Gasteiger partial charge in [0.2, 0.25) is 0 Å². The van der Waals surface area contributed by atoms with Crippen molar-refractivity contribution in [1.82, 2.24) is 0 Å². The summed E-state index contributed by atoms with van der Waals surface area (Å²) in [4.78, 5) is 0. The van der Waals surface area contributed by atoms with Gasteiger partial charge in [-0.25, -0.2) is 0 Å².